The smallest absolute Gasteiger partial charge is 0.394 e. The molecule has 10 nitrogen and oxygen atoms in total. The molecule has 1 heterocycles. The quantitative estimate of drug-likeness (QED) is 0.113. The highest BCUT2D eigenvalue weighted by atomic mass is 32.3. The van der Waals surface area contributed by atoms with Crippen LogP contribution < -0.4 is 0 Å². The zero-order valence-electron chi connectivity index (χ0n) is 13.8. The first kappa shape index (κ1) is 22.6. The van der Waals surface area contributed by atoms with Crippen LogP contribution in [-0.4, -0.2) is 74.9 Å². The van der Waals surface area contributed by atoms with E-state index in [-0.39, 0.29) is 5.04 Å². The topological polar surface area (TPSA) is 166 Å². The number of nitrogens with zero attached hydrogens (tertiary/aromatic N) is 1. The van der Waals surface area contributed by atoms with E-state index >= 15 is 0 Å². The third-order valence-corrected chi connectivity index (χ3v) is 5.01. The van der Waals surface area contributed by atoms with Crippen LogP contribution in [0.1, 0.15) is 39.0 Å². The summed E-state index contributed by atoms with van der Waals surface area (Å²) in [5, 5.41) is 42.2. The summed E-state index contributed by atoms with van der Waals surface area (Å²) in [7, 11) is -4.78. The van der Waals surface area contributed by atoms with Crippen LogP contribution in [0.4, 0.5) is 0 Å². The molecule has 1 fully saturated rings. The van der Waals surface area contributed by atoms with Crippen LogP contribution in [0.15, 0.2) is 5.16 Å². The van der Waals surface area contributed by atoms with E-state index in [1.807, 2.05) is 6.92 Å². The van der Waals surface area contributed by atoms with E-state index in [4.69, 9.17) is 9.29 Å². The summed E-state index contributed by atoms with van der Waals surface area (Å²) in [6.45, 7) is 1.45. The van der Waals surface area contributed by atoms with E-state index in [2.05, 4.69) is 9.44 Å². The third-order valence-electron chi connectivity index (χ3n) is 3.58. The highest BCUT2D eigenvalue weighted by Crippen LogP contribution is 2.30. The van der Waals surface area contributed by atoms with Gasteiger partial charge in [-0.2, -0.15) is 8.42 Å². The molecular weight excluding hydrogens is 378 g/mol. The van der Waals surface area contributed by atoms with E-state index < -0.39 is 46.9 Å². The van der Waals surface area contributed by atoms with Gasteiger partial charge in [0.2, 0.25) is 0 Å². The Bertz CT molecular complexity index is 526. The molecule has 5 atom stereocenters. The molecule has 0 radical (unpaired) electrons. The first-order chi connectivity index (χ1) is 11.7. The molecule has 1 aliphatic heterocycles. The SMILES string of the molecule is CCCCCC/C(=N/OS(=O)(=O)O)S[C@H]1O[C@H](CO)[C@H](O)[C@@H](O)[C@H]1O. The first-order valence-corrected chi connectivity index (χ1v) is 10.1. The number of unbranched alkanes of at least 4 members (excludes halogenated alkanes) is 3. The van der Waals surface area contributed by atoms with Crippen molar-refractivity contribution in [1.29, 1.82) is 0 Å². The number of hydrogen-bond acceptors (Lipinski definition) is 10. The second kappa shape index (κ2) is 10.6. The Morgan fingerprint density at radius 3 is 2.40 bits per heavy atom. The molecule has 0 spiro atoms. The van der Waals surface area contributed by atoms with Crippen LogP contribution >= 0.6 is 11.8 Å². The Kier molecular flexibility index (Phi) is 9.59. The minimum Gasteiger partial charge on any atom is -0.394 e. The molecule has 0 amide bonds. The Hall–Kier alpha value is -0.470. The molecule has 0 saturated carbocycles. The van der Waals surface area contributed by atoms with E-state index in [1.54, 1.807) is 0 Å². The fraction of sp³-hybridized carbons (Fsp3) is 0.923. The predicted octanol–water partition coefficient (Wildman–Crippen LogP) is -0.377. The van der Waals surface area contributed by atoms with Crippen molar-refractivity contribution in [1.82, 2.24) is 0 Å². The molecule has 0 unspecified atom stereocenters. The lowest BCUT2D eigenvalue weighted by atomic mass is 10.0. The van der Waals surface area contributed by atoms with Gasteiger partial charge < -0.3 is 25.2 Å². The lowest BCUT2D eigenvalue weighted by Crippen LogP contribution is -2.57. The number of thioether (sulfide) groups is 1. The third kappa shape index (κ3) is 7.74. The maximum atomic E-state index is 10.7. The summed E-state index contributed by atoms with van der Waals surface area (Å²) in [5.41, 5.74) is -1.11. The van der Waals surface area contributed by atoms with Gasteiger partial charge >= 0.3 is 10.4 Å². The van der Waals surface area contributed by atoms with Crippen LogP contribution in [-0.2, 0) is 19.4 Å². The summed E-state index contributed by atoms with van der Waals surface area (Å²) >= 11 is 0.792. The average Bonchev–Trinajstić information content (AvgIpc) is 2.55. The van der Waals surface area contributed by atoms with Crippen molar-refractivity contribution in [2.45, 2.75) is 68.9 Å². The van der Waals surface area contributed by atoms with Crippen LogP contribution in [0.5, 0.6) is 0 Å². The molecule has 0 aliphatic carbocycles. The van der Waals surface area contributed by atoms with Crippen molar-refractivity contribution >= 4 is 27.2 Å². The highest BCUT2D eigenvalue weighted by molar-refractivity contribution is 8.14. The van der Waals surface area contributed by atoms with E-state index in [0.29, 0.717) is 12.8 Å². The first-order valence-electron chi connectivity index (χ1n) is 7.89. The molecule has 1 aliphatic rings. The maximum absolute atomic E-state index is 10.7. The molecule has 1 saturated heterocycles. The number of oxime groups is 1. The van der Waals surface area contributed by atoms with Crippen molar-refractivity contribution in [3.63, 3.8) is 0 Å². The van der Waals surface area contributed by atoms with Gasteiger partial charge in [-0.1, -0.05) is 43.1 Å². The minimum atomic E-state index is -4.78. The Balaban J connectivity index is 2.80. The van der Waals surface area contributed by atoms with Gasteiger partial charge in [0.1, 0.15) is 34.9 Å². The lowest BCUT2D eigenvalue weighted by Gasteiger charge is -2.39. The molecule has 5 N–H and O–H groups in total. The van der Waals surface area contributed by atoms with E-state index in [0.717, 1.165) is 31.0 Å². The zero-order valence-corrected chi connectivity index (χ0v) is 15.4. The Labute approximate surface area is 150 Å². The van der Waals surface area contributed by atoms with E-state index in [1.165, 1.54) is 0 Å². The highest BCUT2D eigenvalue weighted by Gasteiger charge is 2.44. The fourth-order valence-electron chi connectivity index (χ4n) is 2.22. The zero-order chi connectivity index (χ0) is 19.0. The molecule has 1 rings (SSSR count). The fourth-order valence-corrected chi connectivity index (χ4v) is 3.56. The van der Waals surface area contributed by atoms with Crippen molar-refractivity contribution in [2.75, 3.05) is 6.61 Å². The van der Waals surface area contributed by atoms with Gasteiger partial charge in [-0.3, -0.25) is 4.55 Å². The van der Waals surface area contributed by atoms with Crippen molar-refractivity contribution in [3.8, 4) is 0 Å². The summed E-state index contributed by atoms with van der Waals surface area (Å²) in [4.78, 5) is 0. The lowest BCUT2D eigenvalue weighted by molar-refractivity contribution is -0.205. The number of aliphatic hydroxyl groups is 4. The van der Waals surface area contributed by atoms with Gasteiger partial charge in [-0.05, 0) is 12.8 Å². The van der Waals surface area contributed by atoms with Crippen molar-refractivity contribution in [3.05, 3.63) is 0 Å². The summed E-state index contributed by atoms with van der Waals surface area (Å²) < 4.78 is 39.4. The van der Waals surface area contributed by atoms with Gasteiger partial charge in [0, 0.05) is 0 Å². The minimum absolute atomic E-state index is 0.123. The second-order valence-corrected chi connectivity index (χ2v) is 7.79. The van der Waals surface area contributed by atoms with Gasteiger partial charge in [-0.25, -0.2) is 4.28 Å². The second-order valence-electron chi connectivity index (χ2n) is 5.61. The molecule has 148 valence electrons. The number of hydrogen-bond donors (Lipinski definition) is 5. The van der Waals surface area contributed by atoms with Crippen LogP contribution in [0, 0.1) is 0 Å². The Morgan fingerprint density at radius 2 is 1.84 bits per heavy atom. The van der Waals surface area contributed by atoms with Crippen LogP contribution in [0.2, 0.25) is 0 Å². The van der Waals surface area contributed by atoms with Crippen LogP contribution in [0.3, 0.4) is 0 Å². The van der Waals surface area contributed by atoms with Crippen molar-refractivity contribution < 1.29 is 42.4 Å². The molecule has 0 aromatic carbocycles. The molecule has 0 aromatic heterocycles. The molecule has 12 heteroatoms. The van der Waals surface area contributed by atoms with Gasteiger partial charge in [0.05, 0.1) is 6.61 Å². The largest absolute Gasteiger partial charge is 0.466 e. The Morgan fingerprint density at radius 1 is 1.16 bits per heavy atom. The molecule has 0 bridgehead atoms. The van der Waals surface area contributed by atoms with Crippen LogP contribution in [0.25, 0.3) is 0 Å². The normalized spacial score (nSPS) is 31.1. The summed E-state index contributed by atoms with van der Waals surface area (Å²) in [5.74, 6) is 0. The standard InChI is InChI=1S/C13H25NO9S2/c1-2-3-4-5-6-9(14-23-25(19,20)21)24-13-12(18)11(17)10(16)8(7-15)22-13/h8,10-13,15-18H,2-7H2,1H3,(H,19,20,21)/b14-9-/t8-,10+,11-,12-,13-/m1/s1. The molecular formula is C13H25NO9S2. The van der Waals surface area contributed by atoms with Gasteiger partial charge in [0.15, 0.2) is 0 Å². The number of rotatable bonds is 9. The average molecular weight is 403 g/mol. The summed E-state index contributed by atoms with van der Waals surface area (Å²) in [6, 6.07) is 0. The predicted molar refractivity (Wildman–Crippen MR) is 90.2 cm³/mol. The van der Waals surface area contributed by atoms with Crippen molar-refractivity contribution in [2.24, 2.45) is 5.16 Å². The monoisotopic (exact) mass is 403 g/mol. The number of aliphatic hydroxyl groups excluding tert-OH is 4. The number of ether oxygens (including phenoxy) is 1. The maximum Gasteiger partial charge on any atom is 0.466 e. The molecule has 25 heavy (non-hydrogen) atoms. The van der Waals surface area contributed by atoms with Gasteiger partial charge in [-0.15, -0.1) is 0 Å². The van der Waals surface area contributed by atoms with Gasteiger partial charge in [0.25, 0.3) is 0 Å². The molecule has 0 aromatic rings. The van der Waals surface area contributed by atoms with E-state index in [9.17, 15) is 28.8 Å². The summed E-state index contributed by atoms with van der Waals surface area (Å²) in [6.07, 6.45) is -1.83.